The molecule has 0 spiro atoms. The number of halogens is 1. The second-order valence-corrected chi connectivity index (χ2v) is 8.17. The minimum Gasteiger partial charge on any atom is -0.479 e. The van der Waals surface area contributed by atoms with Crippen molar-refractivity contribution in [3.63, 3.8) is 0 Å². The monoisotopic (exact) mass is 425 g/mol. The summed E-state index contributed by atoms with van der Waals surface area (Å²) in [7, 11) is 1.72. The summed E-state index contributed by atoms with van der Waals surface area (Å²) in [6, 6.07) is 11.9. The molecule has 0 aliphatic carbocycles. The molecule has 1 unspecified atom stereocenters. The molecule has 1 amide bonds. The molecule has 2 aromatic rings. The lowest BCUT2D eigenvalue weighted by atomic mass is 10.0. The van der Waals surface area contributed by atoms with E-state index in [9.17, 15) is 14.0 Å². The molecule has 2 aliphatic heterocycles. The largest absolute Gasteiger partial charge is 0.479 e. The quantitative estimate of drug-likeness (QED) is 0.665. The third-order valence-corrected chi connectivity index (χ3v) is 6.07. The Bertz CT molecular complexity index is 955. The van der Waals surface area contributed by atoms with Gasteiger partial charge in [-0.25, -0.2) is 4.39 Å². The van der Waals surface area contributed by atoms with Gasteiger partial charge in [0.25, 0.3) is 5.91 Å². The van der Waals surface area contributed by atoms with Gasteiger partial charge in [0.2, 0.25) is 0 Å². The van der Waals surface area contributed by atoms with Crippen molar-refractivity contribution >= 4 is 23.1 Å². The predicted molar refractivity (Wildman–Crippen MR) is 119 cm³/mol. The number of anilines is 2. The first-order valence-corrected chi connectivity index (χ1v) is 10.8. The topological polar surface area (TPSA) is 53.1 Å². The summed E-state index contributed by atoms with van der Waals surface area (Å²) in [5, 5.41) is 0. The second-order valence-electron chi connectivity index (χ2n) is 8.17. The van der Waals surface area contributed by atoms with E-state index in [1.807, 2.05) is 12.1 Å². The Balaban J connectivity index is 1.25. The van der Waals surface area contributed by atoms with E-state index < -0.39 is 6.10 Å². The molecule has 1 saturated heterocycles. The molecule has 0 aromatic heterocycles. The number of carbonyl (C=O) groups excluding carboxylic acids is 2. The van der Waals surface area contributed by atoms with Gasteiger partial charge in [-0.2, -0.15) is 0 Å². The maximum absolute atomic E-state index is 13.1. The van der Waals surface area contributed by atoms with E-state index in [0.717, 1.165) is 44.8 Å². The fraction of sp³-hybridized carbons (Fsp3) is 0.417. The highest BCUT2D eigenvalue weighted by molar-refractivity contribution is 6.01. The standard InChI is InChI=1S/C24H28FN3O3/c1-17-24(30)26(2)21-10-5-18(16-23(21)31-17)22(29)4-3-11-27-12-14-28(15-13-27)20-8-6-19(25)7-9-20/h5-10,16-17H,3-4,11-15H2,1-2H3. The molecule has 1 atom stereocenters. The average molecular weight is 426 g/mol. The number of hydrogen-bond donors (Lipinski definition) is 0. The number of Topliss-reactive ketones (excluding diaryl/α,β-unsaturated/α-hetero) is 1. The third-order valence-electron chi connectivity index (χ3n) is 6.07. The van der Waals surface area contributed by atoms with Gasteiger partial charge in [0.15, 0.2) is 11.9 Å². The molecule has 164 valence electrons. The lowest BCUT2D eigenvalue weighted by Gasteiger charge is -2.36. The van der Waals surface area contributed by atoms with E-state index in [-0.39, 0.29) is 17.5 Å². The van der Waals surface area contributed by atoms with Crippen LogP contribution < -0.4 is 14.5 Å². The molecule has 0 radical (unpaired) electrons. The van der Waals surface area contributed by atoms with Gasteiger partial charge in [-0.05, 0) is 62.4 Å². The number of hydrogen-bond acceptors (Lipinski definition) is 5. The van der Waals surface area contributed by atoms with E-state index in [4.69, 9.17) is 4.74 Å². The van der Waals surface area contributed by atoms with E-state index >= 15 is 0 Å². The summed E-state index contributed by atoms with van der Waals surface area (Å²) in [6.45, 7) is 6.23. The van der Waals surface area contributed by atoms with Crippen LogP contribution in [0.5, 0.6) is 5.75 Å². The molecule has 1 fully saturated rings. The van der Waals surface area contributed by atoms with Crippen LogP contribution in [0.15, 0.2) is 42.5 Å². The van der Waals surface area contributed by atoms with Gasteiger partial charge < -0.3 is 14.5 Å². The number of benzene rings is 2. The number of nitrogens with zero attached hydrogens (tertiary/aromatic N) is 3. The fourth-order valence-corrected chi connectivity index (χ4v) is 4.18. The first-order chi connectivity index (χ1) is 14.9. The van der Waals surface area contributed by atoms with Crippen molar-refractivity contribution in [2.45, 2.75) is 25.9 Å². The number of carbonyl (C=O) groups is 2. The number of piperazine rings is 1. The molecule has 31 heavy (non-hydrogen) atoms. The number of fused-ring (bicyclic) bond motifs is 1. The van der Waals surface area contributed by atoms with Gasteiger partial charge >= 0.3 is 0 Å². The molecule has 0 saturated carbocycles. The van der Waals surface area contributed by atoms with Crippen molar-refractivity contribution in [3.8, 4) is 5.75 Å². The van der Waals surface area contributed by atoms with Crippen molar-refractivity contribution in [1.82, 2.24) is 4.90 Å². The smallest absolute Gasteiger partial charge is 0.267 e. The van der Waals surface area contributed by atoms with Crippen LogP contribution in [-0.2, 0) is 4.79 Å². The van der Waals surface area contributed by atoms with Gasteiger partial charge in [0, 0.05) is 50.9 Å². The Morgan fingerprint density at radius 3 is 2.52 bits per heavy atom. The third kappa shape index (κ3) is 4.71. The van der Waals surface area contributed by atoms with Crippen molar-refractivity contribution in [3.05, 3.63) is 53.8 Å². The van der Waals surface area contributed by atoms with Crippen molar-refractivity contribution < 1.29 is 18.7 Å². The molecule has 7 heteroatoms. The van der Waals surface area contributed by atoms with Crippen LogP contribution in [0.3, 0.4) is 0 Å². The second kappa shape index (κ2) is 9.06. The Morgan fingerprint density at radius 2 is 1.81 bits per heavy atom. The molecule has 2 aromatic carbocycles. The lowest BCUT2D eigenvalue weighted by Crippen LogP contribution is -2.46. The zero-order chi connectivity index (χ0) is 22.0. The summed E-state index contributed by atoms with van der Waals surface area (Å²) in [6.07, 6.45) is 0.722. The average Bonchev–Trinajstić information content (AvgIpc) is 2.78. The van der Waals surface area contributed by atoms with Crippen molar-refractivity contribution in [2.24, 2.45) is 0 Å². The van der Waals surface area contributed by atoms with Gasteiger partial charge in [-0.1, -0.05) is 0 Å². The number of ketones is 1. The molecule has 0 N–H and O–H groups in total. The van der Waals surface area contributed by atoms with Gasteiger partial charge in [0.1, 0.15) is 11.6 Å². The zero-order valence-corrected chi connectivity index (χ0v) is 18.0. The van der Waals surface area contributed by atoms with Gasteiger partial charge in [-0.15, -0.1) is 0 Å². The van der Waals surface area contributed by atoms with Crippen LogP contribution in [0.25, 0.3) is 0 Å². The highest BCUT2D eigenvalue weighted by Crippen LogP contribution is 2.34. The predicted octanol–water partition coefficient (Wildman–Crippen LogP) is 3.35. The number of amides is 1. The van der Waals surface area contributed by atoms with Crippen LogP contribution in [0.4, 0.5) is 15.8 Å². The van der Waals surface area contributed by atoms with Crippen LogP contribution in [0, 0.1) is 5.82 Å². The summed E-state index contributed by atoms with van der Waals surface area (Å²) in [5.41, 5.74) is 2.36. The Hall–Kier alpha value is -2.93. The van der Waals surface area contributed by atoms with E-state index in [1.54, 1.807) is 37.1 Å². The highest BCUT2D eigenvalue weighted by atomic mass is 19.1. The first kappa shape index (κ1) is 21.3. The summed E-state index contributed by atoms with van der Waals surface area (Å²) in [5.74, 6) is 0.361. The summed E-state index contributed by atoms with van der Waals surface area (Å²) < 4.78 is 18.8. The summed E-state index contributed by atoms with van der Waals surface area (Å²) >= 11 is 0. The molecular weight excluding hydrogens is 397 g/mol. The van der Waals surface area contributed by atoms with E-state index in [1.165, 1.54) is 12.1 Å². The van der Waals surface area contributed by atoms with Crippen molar-refractivity contribution in [2.75, 3.05) is 49.6 Å². The van der Waals surface area contributed by atoms with E-state index in [0.29, 0.717) is 23.4 Å². The number of likely N-dealkylation sites (N-methyl/N-ethyl adjacent to an activating group) is 1. The lowest BCUT2D eigenvalue weighted by molar-refractivity contribution is -0.125. The SMILES string of the molecule is CC1Oc2cc(C(=O)CCCN3CCN(c4ccc(F)cc4)CC3)ccc2N(C)C1=O. The normalized spacial score (nSPS) is 19.2. The molecular formula is C24H28FN3O3. The molecule has 2 aliphatic rings. The molecule has 0 bridgehead atoms. The van der Waals surface area contributed by atoms with Crippen LogP contribution in [-0.4, -0.2) is 62.5 Å². The van der Waals surface area contributed by atoms with Crippen LogP contribution in [0.1, 0.15) is 30.1 Å². The Kier molecular flexibility index (Phi) is 6.23. The Morgan fingerprint density at radius 1 is 1.10 bits per heavy atom. The van der Waals surface area contributed by atoms with E-state index in [2.05, 4.69) is 9.80 Å². The number of ether oxygens (including phenoxy) is 1. The molecule has 4 rings (SSSR count). The molecule has 6 nitrogen and oxygen atoms in total. The minimum atomic E-state index is -0.545. The van der Waals surface area contributed by atoms with Gasteiger partial charge in [0.05, 0.1) is 5.69 Å². The molecule has 2 heterocycles. The highest BCUT2D eigenvalue weighted by Gasteiger charge is 2.29. The maximum atomic E-state index is 13.1. The minimum absolute atomic E-state index is 0.0866. The number of rotatable bonds is 6. The zero-order valence-electron chi connectivity index (χ0n) is 18.0. The first-order valence-electron chi connectivity index (χ1n) is 10.8. The maximum Gasteiger partial charge on any atom is 0.267 e. The fourth-order valence-electron chi connectivity index (χ4n) is 4.18. The van der Waals surface area contributed by atoms with Crippen molar-refractivity contribution in [1.29, 1.82) is 0 Å². The van der Waals surface area contributed by atoms with Crippen LogP contribution in [0.2, 0.25) is 0 Å². The summed E-state index contributed by atoms with van der Waals surface area (Å²) in [4.78, 5) is 30.9. The van der Waals surface area contributed by atoms with Crippen LogP contribution >= 0.6 is 0 Å². The Labute approximate surface area is 182 Å². The van der Waals surface area contributed by atoms with Gasteiger partial charge in [-0.3, -0.25) is 14.5 Å².